The predicted octanol–water partition coefficient (Wildman–Crippen LogP) is 2.03. The summed E-state index contributed by atoms with van der Waals surface area (Å²) in [7, 11) is 0. The SMILES string of the molecule is C[C@@H](NCc1ccccc1/C(N)=N/O)c1ccncc1. The molecule has 20 heavy (non-hydrogen) atoms. The van der Waals surface area contributed by atoms with Gasteiger partial charge in [-0.15, -0.1) is 0 Å². The molecule has 0 amide bonds. The van der Waals surface area contributed by atoms with Crippen LogP contribution in [0.5, 0.6) is 0 Å². The summed E-state index contributed by atoms with van der Waals surface area (Å²) in [4.78, 5) is 4.01. The fourth-order valence-electron chi connectivity index (χ4n) is 2.01. The molecule has 5 nitrogen and oxygen atoms in total. The fourth-order valence-corrected chi connectivity index (χ4v) is 2.01. The molecule has 104 valence electrons. The van der Waals surface area contributed by atoms with Crippen LogP contribution in [-0.2, 0) is 6.54 Å². The third kappa shape index (κ3) is 3.33. The van der Waals surface area contributed by atoms with Crippen molar-refractivity contribution in [2.45, 2.75) is 19.5 Å². The summed E-state index contributed by atoms with van der Waals surface area (Å²) < 4.78 is 0. The molecule has 1 aromatic heterocycles. The number of benzene rings is 1. The highest BCUT2D eigenvalue weighted by Gasteiger charge is 2.08. The van der Waals surface area contributed by atoms with Gasteiger partial charge in [-0.05, 0) is 30.2 Å². The minimum atomic E-state index is 0.124. The van der Waals surface area contributed by atoms with E-state index in [2.05, 4.69) is 22.4 Å². The first-order valence-corrected chi connectivity index (χ1v) is 6.41. The second-order valence-corrected chi connectivity index (χ2v) is 4.53. The number of hydrogen-bond donors (Lipinski definition) is 3. The topological polar surface area (TPSA) is 83.5 Å². The van der Waals surface area contributed by atoms with Crippen molar-refractivity contribution in [1.29, 1.82) is 0 Å². The third-order valence-corrected chi connectivity index (χ3v) is 3.21. The second kappa shape index (κ2) is 6.68. The highest BCUT2D eigenvalue weighted by Crippen LogP contribution is 2.13. The van der Waals surface area contributed by atoms with Crippen molar-refractivity contribution in [3.8, 4) is 0 Å². The lowest BCUT2D eigenvalue weighted by Gasteiger charge is -2.15. The third-order valence-electron chi connectivity index (χ3n) is 3.21. The zero-order valence-electron chi connectivity index (χ0n) is 11.3. The van der Waals surface area contributed by atoms with Gasteiger partial charge in [0.1, 0.15) is 0 Å². The summed E-state index contributed by atoms with van der Waals surface area (Å²) in [5.41, 5.74) is 8.57. The molecular weight excluding hydrogens is 252 g/mol. The van der Waals surface area contributed by atoms with Gasteiger partial charge in [-0.25, -0.2) is 0 Å². The number of pyridine rings is 1. The monoisotopic (exact) mass is 270 g/mol. The zero-order chi connectivity index (χ0) is 14.4. The Morgan fingerprint density at radius 2 is 2.00 bits per heavy atom. The number of nitrogens with one attached hydrogen (secondary N) is 1. The van der Waals surface area contributed by atoms with Crippen molar-refractivity contribution in [3.63, 3.8) is 0 Å². The van der Waals surface area contributed by atoms with Crippen molar-refractivity contribution in [1.82, 2.24) is 10.3 Å². The Kier molecular flexibility index (Phi) is 4.68. The van der Waals surface area contributed by atoms with Crippen molar-refractivity contribution in [2.24, 2.45) is 10.9 Å². The van der Waals surface area contributed by atoms with Crippen molar-refractivity contribution in [2.75, 3.05) is 0 Å². The summed E-state index contributed by atoms with van der Waals surface area (Å²) in [5.74, 6) is 0.124. The molecule has 2 aromatic rings. The average Bonchev–Trinajstić information content (AvgIpc) is 2.53. The van der Waals surface area contributed by atoms with Crippen LogP contribution in [0.15, 0.2) is 53.9 Å². The standard InChI is InChI=1S/C15H18N4O/c1-11(12-6-8-17-9-7-12)18-10-13-4-2-3-5-14(13)15(16)19-20/h2-9,11,18,20H,10H2,1H3,(H2,16,19)/t11-/m1/s1. The fraction of sp³-hybridized carbons (Fsp3) is 0.200. The van der Waals surface area contributed by atoms with E-state index in [4.69, 9.17) is 10.9 Å². The van der Waals surface area contributed by atoms with E-state index < -0.39 is 0 Å². The molecule has 1 atom stereocenters. The molecule has 0 saturated heterocycles. The van der Waals surface area contributed by atoms with E-state index in [0.717, 1.165) is 11.1 Å². The van der Waals surface area contributed by atoms with Crippen LogP contribution in [0, 0.1) is 0 Å². The number of nitrogens with two attached hydrogens (primary N) is 1. The molecule has 2 rings (SSSR count). The number of amidine groups is 1. The van der Waals surface area contributed by atoms with Crippen LogP contribution in [0.2, 0.25) is 0 Å². The molecule has 0 aliphatic heterocycles. The molecule has 0 fully saturated rings. The molecular formula is C15H18N4O. The van der Waals surface area contributed by atoms with Gasteiger partial charge >= 0.3 is 0 Å². The quantitative estimate of drug-likeness (QED) is 0.336. The van der Waals surface area contributed by atoms with Crippen LogP contribution in [0.4, 0.5) is 0 Å². The highest BCUT2D eigenvalue weighted by molar-refractivity contribution is 5.98. The molecule has 0 aliphatic carbocycles. The minimum Gasteiger partial charge on any atom is -0.409 e. The largest absolute Gasteiger partial charge is 0.409 e. The normalized spacial score (nSPS) is 13.2. The zero-order valence-corrected chi connectivity index (χ0v) is 11.3. The van der Waals surface area contributed by atoms with Crippen LogP contribution in [-0.4, -0.2) is 16.0 Å². The highest BCUT2D eigenvalue weighted by atomic mass is 16.4. The van der Waals surface area contributed by atoms with Gasteiger partial charge in [-0.1, -0.05) is 29.4 Å². The Hall–Kier alpha value is -2.40. The van der Waals surface area contributed by atoms with Crippen molar-refractivity contribution in [3.05, 3.63) is 65.5 Å². The van der Waals surface area contributed by atoms with Crippen LogP contribution in [0.25, 0.3) is 0 Å². The van der Waals surface area contributed by atoms with Gasteiger partial charge in [0.25, 0.3) is 0 Å². The van der Waals surface area contributed by atoms with Gasteiger partial charge in [-0.2, -0.15) is 0 Å². The van der Waals surface area contributed by atoms with E-state index in [1.54, 1.807) is 12.4 Å². The summed E-state index contributed by atoms with van der Waals surface area (Å²) in [6.45, 7) is 2.72. The Morgan fingerprint density at radius 3 is 2.70 bits per heavy atom. The smallest absolute Gasteiger partial charge is 0.170 e. The molecule has 4 N–H and O–H groups in total. The lowest BCUT2D eigenvalue weighted by atomic mass is 10.1. The number of hydrogen-bond acceptors (Lipinski definition) is 4. The van der Waals surface area contributed by atoms with E-state index >= 15 is 0 Å². The lowest BCUT2D eigenvalue weighted by Crippen LogP contribution is -2.22. The van der Waals surface area contributed by atoms with E-state index in [9.17, 15) is 0 Å². The molecule has 0 unspecified atom stereocenters. The first kappa shape index (κ1) is 14.0. The molecule has 0 aliphatic rings. The van der Waals surface area contributed by atoms with E-state index in [1.807, 2.05) is 36.4 Å². The summed E-state index contributed by atoms with van der Waals surface area (Å²) >= 11 is 0. The number of aromatic nitrogens is 1. The molecule has 0 radical (unpaired) electrons. The second-order valence-electron chi connectivity index (χ2n) is 4.53. The molecule has 1 aromatic carbocycles. The van der Waals surface area contributed by atoms with Gasteiger partial charge in [0.05, 0.1) is 0 Å². The van der Waals surface area contributed by atoms with E-state index in [0.29, 0.717) is 6.54 Å². The molecule has 0 saturated carbocycles. The number of oxime groups is 1. The number of rotatable bonds is 5. The van der Waals surface area contributed by atoms with Crippen LogP contribution in [0.1, 0.15) is 29.7 Å². The Labute approximate surface area is 118 Å². The van der Waals surface area contributed by atoms with Gasteiger partial charge in [0.15, 0.2) is 5.84 Å². The maximum absolute atomic E-state index is 8.80. The van der Waals surface area contributed by atoms with Gasteiger partial charge in [0, 0.05) is 30.5 Å². The Morgan fingerprint density at radius 1 is 1.30 bits per heavy atom. The Bertz CT molecular complexity index is 583. The van der Waals surface area contributed by atoms with Gasteiger partial charge < -0.3 is 16.3 Å². The summed E-state index contributed by atoms with van der Waals surface area (Å²) in [6, 6.07) is 11.7. The van der Waals surface area contributed by atoms with E-state index in [-0.39, 0.29) is 11.9 Å². The van der Waals surface area contributed by atoms with Crippen LogP contribution in [0.3, 0.4) is 0 Å². The van der Waals surface area contributed by atoms with Crippen molar-refractivity contribution >= 4 is 5.84 Å². The summed E-state index contributed by atoms with van der Waals surface area (Å²) in [6.07, 6.45) is 3.55. The van der Waals surface area contributed by atoms with Crippen LogP contribution >= 0.6 is 0 Å². The molecule has 0 spiro atoms. The molecule has 1 heterocycles. The summed E-state index contributed by atoms with van der Waals surface area (Å²) in [5, 5.41) is 15.3. The first-order chi connectivity index (χ1) is 9.72. The van der Waals surface area contributed by atoms with E-state index in [1.165, 1.54) is 5.56 Å². The maximum atomic E-state index is 8.80. The predicted molar refractivity (Wildman–Crippen MR) is 78.4 cm³/mol. The number of nitrogens with zero attached hydrogens (tertiary/aromatic N) is 2. The lowest BCUT2D eigenvalue weighted by molar-refractivity contribution is 0.318. The van der Waals surface area contributed by atoms with Gasteiger partial charge in [0.2, 0.25) is 0 Å². The first-order valence-electron chi connectivity index (χ1n) is 6.41. The molecule has 5 heteroatoms. The minimum absolute atomic E-state index is 0.124. The van der Waals surface area contributed by atoms with Gasteiger partial charge in [-0.3, -0.25) is 4.98 Å². The Balaban J connectivity index is 2.08. The average molecular weight is 270 g/mol. The maximum Gasteiger partial charge on any atom is 0.170 e. The van der Waals surface area contributed by atoms with Crippen molar-refractivity contribution < 1.29 is 5.21 Å². The molecule has 0 bridgehead atoms. The van der Waals surface area contributed by atoms with Crippen LogP contribution < -0.4 is 11.1 Å².